The Morgan fingerprint density at radius 1 is 1.17 bits per heavy atom. The summed E-state index contributed by atoms with van der Waals surface area (Å²) in [5.74, 6) is 2.70. The molecule has 2 nitrogen and oxygen atoms in total. The number of nitrogens with one attached hydrogen (secondary N) is 1. The summed E-state index contributed by atoms with van der Waals surface area (Å²) in [6.45, 7) is 9.90. The lowest BCUT2D eigenvalue weighted by atomic mass is 9.73. The van der Waals surface area contributed by atoms with Gasteiger partial charge in [0.1, 0.15) is 0 Å². The van der Waals surface area contributed by atoms with Crippen LogP contribution in [0.4, 0.5) is 0 Å². The van der Waals surface area contributed by atoms with E-state index in [1.807, 2.05) is 0 Å². The topological polar surface area (TPSA) is 15.3 Å². The zero-order chi connectivity index (χ0) is 13.1. The van der Waals surface area contributed by atoms with Crippen LogP contribution in [0.15, 0.2) is 0 Å². The lowest BCUT2D eigenvalue weighted by Crippen LogP contribution is -2.53. The molecule has 1 aliphatic carbocycles. The summed E-state index contributed by atoms with van der Waals surface area (Å²) >= 11 is 0. The first-order chi connectivity index (χ1) is 8.61. The predicted molar refractivity (Wildman–Crippen MR) is 78.8 cm³/mol. The number of hydrogen-bond acceptors (Lipinski definition) is 2. The van der Waals surface area contributed by atoms with Crippen molar-refractivity contribution in [2.45, 2.75) is 65.0 Å². The number of rotatable bonds is 3. The Balaban J connectivity index is 2.02. The van der Waals surface area contributed by atoms with E-state index in [1.54, 1.807) is 0 Å². The van der Waals surface area contributed by atoms with Crippen LogP contribution in [0.25, 0.3) is 0 Å². The van der Waals surface area contributed by atoms with E-state index in [4.69, 9.17) is 0 Å². The van der Waals surface area contributed by atoms with Gasteiger partial charge in [-0.3, -0.25) is 4.90 Å². The van der Waals surface area contributed by atoms with Crippen molar-refractivity contribution < 1.29 is 0 Å². The molecule has 0 aromatic rings. The Kier molecular flexibility index (Phi) is 5.08. The summed E-state index contributed by atoms with van der Waals surface area (Å²) in [4.78, 5) is 2.81. The van der Waals surface area contributed by atoms with Crippen LogP contribution in [-0.2, 0) is 0 Å². The third-order valence-electron chi connectivity index (χ3n) is 5.32. The Labute approximate surface area is 114 Å². The molecule has 0 spiro atoms. The van der Waals surface area contributed by atoms with Crippen molar-refractivity contribution in [1.29, 1.82) is 0 Å². The zero-order valence-electron chi connectivity index (χ0n) is 12.8. The molecule has 0 aromatic heterocycles. The fourth-order valence-electron chi connectivity index (χ4n) is 4.12. The Bertz CT molecular complexity index is 251. The second-order valence-corrected chi connectivity index (χ2v) is 7.02. The van der Waals surface area contributed by atoms with Crippen molar-refractivity contribution in [2.24, 2.45) is 17.8 Å². The lowest BCUT2D eigenvalue weighted by molar-refractivity contribution is 0.0375. The highest BCUT2D eigenvalue weighted by molar-refractivity contribution is 4.90. The van der Waals surface area contributed by atoms with Gasteiger partial charge in [0, 0.05) is 18.6 Å². The molecule has 4 atom stereocenters. The number of hydrogen-bond donors (Lipinski definition) is 1. The van der Waals surface area contributed by atoms with Crippen LogP contribution in [0, 0.1) is 17.8 Å². The highest BCUT2D eigenvalue weighted by Gasteiger charge is 2.36. The highest BCUT2D eigenvalue weighted by Crippen LogP contribution is 2.37. The maximum atomic E-state index is 3.49. The normalized spacial score (nSPS) is 39.2. The molecule has 1 aliphatic heterocycles. The molecule has 2 fully saturated rings. The van der Waals surface area contributed by atoms with E-state index in [0.717, 1.165) is 29.8 Å². The van der Waals surface area contributed by atoms with Crippen molar-refractivity contribution in [1.82, 2.24) is 10.2 Å². The molecular weight excluding hydrogens is 220 g/mol. The molecule has 18 heavy (non-hydrogen) atoms. The van der Waals surface area contributed by atoms with E-state index in [2.05, 4.69) is 38.0 Å². The highest BCUT2D eigenvalue weighted by atomic mass is 15.2. The predicted octanol–water partition coefficient (Wildman–Crippen LogP) is 3.13. The van der Waals surface area contributed by atoms with E-state index in [1.165, 1.54) is 45.2 Å². The average Bonchev–Trinajstić information content (AvgIpc) is 2.38. The standard InChI is InChI=1S/C16H32N2/c1-12(2)15-8-7-13(3)10-16(15)18-9-5-6-14(11-18)17-4/h12-17H,5-11H2,1-4H3. The van der Waals surface area contributed by atoms with Gasteiger partial charge in [0.15, 0.2) is 0 Å². The molecule has 2 heteroatoms. The van der Waals surface area contributed by atoms with Crippen LogP contribution < -0.4 is 5.32 Å². The lowest BCUT2D eigenvalue weighted by Gasteiger charge is -2.46. The minimum absolute atomic E-state index is 0.726. The van der Waals surface area contributed by atoms with Crippen LogP contribution in [-0.4, -0.2) is 37.1 Å². The molecule has 1 N–H and O–H groups in total. The summed E-state index contributed by atoms with van der Waals surface area (Å²) in [7, 11) is 2.12. The first kappa shape index (κ1) is 14.3. The van der Waals surface area contributed by atoms with Gasteiger partial charge in [0.25, 0.3) is 0 Å². The van der Waals surface area contributed by atoms with Crippen LogP contribution in [0.5, 0.6) is 0 Å². The molecule has 1 heterocycles. The van der Waals surface area contributed by atoms with Gasteiger partial charge in [-0.25, -0.2) is 0 Å². The molecule has 0 radical (unpaired) electrons. The minimum atomic E-state index is 0.726. The van der Waals surface area contributed by atoms with Gasteiger partial charge in [-0.15, -0.1) is 0 Å². The summed E-state index contributed by atoms with van der Waals surface area (Å²) < 4.78 is 0. The van der Waals surface area contributed by atoms with Crippen LogP contribution >= 0.6 is 0 Å². The van der Waals surface area contributed by atoms with Gasteiger partial charge in [-0.1, -0.05) is 27.2 Å². The third kappa shape index (κ3) is 3.27. The molecule has 2 aliphatic rings. The number of nitrogens with zero attached hydrogens (tertiary/aromatic N) is 1. The van der Waals surface area contributed by atoms with Crippen molar-refractivity contribution in [2.75, 3.05) is 20.1 Å². The fraction of sp³-hybridized carbons (Fsp3) is 1.00. The molecular formula is C16H32N2. The summed E-state index contributed by atoms with van der Waals surface area (Å²) in [6.07, 6.45) is 7.06. The minimum Gasteiger partial charge on any atom is -0.316 e. The van der Waals surface area contributed by atoms with Crippen molar-refractivity contribution in [3.05, 3.63) is 0 Å². The van der Waals surface area contributed by atoms with E-state index in [-0.39, 0.29) is 0 Å². The van der Waals surface area contributed by atoms with Crippen molar-refractivity contribution in [3.63, 3.8) is 0 Å². The molecule has 106 valence electrons. The quantitative estimate of drug-likeness (QED) is 0.830. The Morgan fingerprint density at radius 2 is 1.94 bits per heavy atom. The number of piperidine rings is 1. The maximum absolute atomic E-state index is 3.49. The third-order valence-corrected chi connectivity index (χ3v) is 5.32. The first-order valence-corrected chi connectivity index (χ1v) is 8.03. The molecule has 0 aromatic carbocycles. The van der Waals surface area contributed by atoms with Crippen molar-refractivity contribution >= 4 is 0 Å². The van der Waals surface area contributed by atoms with Crippen LogP contribution in [0.1, 0.15) is 52.9 Å². The van der Waals surface area contributed by atoms with Gasteiger partial charge in [0.2, 0.25) is 0 Å². The van der Waals surface area contributed by atoms with E-state index in [9.17, 15) is 0 Å². The maximum Gasteiger partial charge on any atom is 0.0192 e. The summed E-state index contributed by atoms with van der Waals surface area (Å²) in [5, 5.41) is 3.49. The van der Waals surface area contributed by atoms with Gasteiger partial charge in [0.05, 0.1) is 0 Å². The van der Waals surface area contributed by atoms with Crippen molar-refractivity contribution in [3.8, 4) is 0 Å². The molecule has 0 amide bonds. The van der Waals surface area contributed by atoms with Gasteiger partial charge >= 0.3 is 0 Å². The molecule has 4 unspecified atom stereocenters. The first-order valence-electron chi connectivity index (χ1n) is 8.03. The summed E-state index contributed by atoms with van der Waals surface area (Å²) in [6, 6.07) is 1.58. The number of likely N-dealkylation sites (tertiary alicyclic amines) is 1. The zero-order valence-corrected chi connectivity index (χ0v) is 12.8. The van der Waals surface area contributed by atoms with E-state index >= 15 is 0 Å². The smallest absolute Gasteiger partial charge is 0.0192 e. The second kappa shape index (κ2) is 6.38. The van der Waals surface area contributed by atoms with E-state index < -0.39 is 0 Å². The summed E-state index contributed by atoms with van der Waals surface area (Å²) in [5.41, 5.74) is 0. The SMILES string of the molecule is CNC1CCCN(C2CC(C)CCC2C(C)C)C1. The van der Waals surface area contributed by atoms with Gasteiger partial charge in [-0.05, 0) is 57.0 Å². The van der Waals surface area contributed by atoms with Crippen LogP contribution in [0.2, 0.25) is 0 Å². The fourth-order valence-corrected chi connectivity index (χ4v) is 4.12. The Morgan fingerprint density at radius 3 is 2.61 bits per heavy atom. The van der Waals surface area contributed by atoms with Gasteiger partial charge < -0.3 is 5.32 Å². The molecule has 1 saturated carbocycles. The largest absolute Gasteiger partial charge is 0.316 e. The Hall–Kier alpha value is -0.0800. The molecule has 1 saturated heterocycles. The van der Waals surface area contributed by atoms with Gasteiger partial charge in [-0.2, -0.15) is 0 Å². The van der Waals surface area contributed by atoms with E-state index in [0.29, 0.717) is 0 Å². The second-order valence-electron chi connectivity index (χ2n) is 7.02. The molecule has 0 bridgehead atoms. The molecule has 2 rings (SSSR count). The van der Waals surface area contributed by atoms with Crippen LogP contribution in [0.3, 0.4) is 0 Å². The number of likely N-dealkylation sites (N-methyl/N-ethyl adjacent to an activating group) is 1. The average molecular weight is 252 g/mol. The monoisotopic (exact) mass is 252 g/mol.